The van der Waals surface area contributed by atoms with E-state index in [2.05, 4.69) is 60.5 Å². The average Bonchev–Trinajstić information content (AvgIpc) is 2.44. The van der Waals surface area contributed by atoms with Crippen LogP contribution in [0.5, 0.6) is 0 Å². The Morgan fingerprint density at radius 2 is 1.94 bits per heavy atom. The lowest BCUT2D eigenvalue weighted by Crippen LogP contribution is -1.83. The molecule has 3 aromatic rings. The van der Waals surface area contributed by atoms with Crippen LogP contribution in [-0.4, -0.2) is 4.98 Å². The zero-order valence-corrected chi connectivity index (χ0v) is 10.4. The molecule has 0 unspecified atom stereocenters. The Hall–Kier alpha value is -2.15. The molecule has 0 fully saturated rings. The van der Waals surface area contributed by atoms with Crippen molar-refractivity contribution < 1.29 is 0 Å². The summed E-state index contributed by atoms with van der Waals surface area (Å²) in [4.78, 5) is 4.54. The first-order chi connectivity index (χ1) is 8.88. The highest BCUT2D eigenvalue weighted by Gasteiger charge is 2.01. The van der Waals surface area contributed by atoms with Crippen molar-refractivity contribution in [3.05, 3.63) is 60.3 Å². The van der Waals surface area contributed by atoms with E-state index in [1.807, 2.05) is 12.3 Å². The van der Waals surface area contributed by atoms with Crippen LogP contribution < -0.4 is 0 Å². The summed E-state index contributed by atoms with van der Waals surface area (Å²) in [6.07, 6.45) is 7.33. The van der Waals surface area contributed by atoms with Gasteiger partial charge in [0.1, 0.15) is 0 Å². The number of allylic oxidation sites excluding steroid dienone is 1. The predicted octanol–water partition coefficient (Wildman–Crippen LogP) is 4.81. The van der Waals surface area contributed by atoms with Crippen molar-refractivity contribution in [3.8, 4) is 0 Å². The van der Waals surface area contributed by atoms with Crippen LogP contribution in [0.1, 0.15) is 18.9 Å². The van der Waals surface area contributed by atoms with E-state index < -0.39 is 0 Å². The van der Waals surface area contributed by atoms with Gasteiger partial charge in [-0.25, -0.2) is 0 Å². The van der Waals surface area contributed by atoms with E-state index in [4.69, 9.17) is 0 Å². The molecule has 0 aliphatic carbocycles. The van der Waals surface area contributed by atoms with Gasteiger partial charge in [0, 0.05) is 17.0 Å². The highest BCUT2D eigenvalue weighted by molar-refractivity contribution is 6.05. The molecule has 3 rings (SSSR count). The topological polar surface area (TPSA) is 12.9 Å². The fraction of sp³-hybridized carbons (Fsp3) is 0.118. The molecule has 2 aromatic carbocycles. The van der Waals surface area contributed by atoms with Crippen molar-refractivity contribution in [3.63, 3.8) is 0 Å². The fourth-order valence-electron chi connectivity index (χ4n) is 2.23. The Bertz CT molecular complexity index is 726. The highest BCUT2D eigenvalue weighted by Crippen LogP contribution is 2.24. The minimum Gasteiger partial charge on any atom is -0.256 e. The Kier molecular flexibility index (Phi) is 2.81. The summed E-state index contributed by atoms with van der Waals surface area (Å²) in [5, 5.41) is 3.69. The zero-order valence-electron chi connectivity index (χ0n) is 10.4. The molecule has 1 heterocycles. The summed E-state index contributed by atoms with van der Waals surface area (Å²) in [7, 11) is 0. The minimum atomic E-state index is 1.06. The lowest BCUT2D eigenvalue weighted by molar-refractivity contribution is 1.23. The SMILES string of the molecule is CC/C=C/c1ccc2c(c1)ncc1ccccc12. The van der Waals surface area contributed by atoms with Crippen LogP contribution in [0.15, 0.2) is 54.7 Å². The van der Waals surface area contributed by atoms with Crippen LogP contribution in [0.2, 0.25) is 0 Å². The number of fused-ring (bicyclic) bond motifs is 3. The number of benzene rings is 2. The third-order valence-corrected chi connectivity index (χ3v) is 3.16. The van der Waals surface area contributed by atoms with Gasteiger partial charge in [0.25, 0.3) is 0 Å². The van der Waals surface area contributed by atoms with Gasteiger partial charge in [-0.1, -0.05) is 55.5 Å². The molecule has 1 aromatic heterocycles. The molecule has 0 aliphatic heterocycles. The van der Waals surface area contributed by atoms with Crippen molar-refractivity contribution in [2.24, 2.45) is 0 Å². The molecule has 0 N–H and O–H groups in total. The first-order valence-electron chi connectivity index (χ1n) is 6.32. The molecule has 0 atom stereocenters. The first kappa shape index (κ1) is 11.0. The van der Waals surface area contributed by atoms with E-state index in [0.29, 0.717) is 0 Å². The molecular formula is C17H15N. The Balaban J connectivity index is 2.24. The Labute approximate surface area is 107 Å². The number of pyridine rings is 1. The van der Waals surface area contributed by atoms with E-state index in [0.717, 1.165) is 11.9 Å². The molecule has 1 nitrogen and oxygen atoms in total. The monoisotopic (exact) mass is 233 g/mol. The van der Waals surface area contributed by atoms with Crippen LogP contribution in [0.25, 0.3) is 27.8 Å². The Morgan fingerprint density at radius 1 is 1.06 bits per heavy atom. The van der Waals surface area contributed by atoms with Crippen molar-refractivity contribution >= 4 is 27.8 Å². The van der Waals surface area contributed by atoms with Gasteiger partial charge in [-0.3, -0.25) is 4.98 Å². The Morgan fingerprint density at radius 3 is 2.83 bits per heavy atom. The maximum absolute atomic E-state index is 4.54. The first-order valence-corrected chi connectivity index (χ1v) is 6.32. The maximum atomic E-state index is 4.54. The van der Waals surface area contributed by atoms with E-state index in [-0.39, 0.29) is 0 Å². The number of hydrogen-bond acceptors (Lipinski definition) is 1. The standard InChI is InChI=1S/C17H15N/c1-2-3-6-13-9-10-16-15-8-5-4-7-14(15)12-18-17(16)11-13/h3-12H,2H2,1H3/b6-3+. The van der Waals surface area contributed by atoms with E-state index in [1.165, 1.54) is 21.7 Å². The van der Waals surface area contributed by atoms with Crippen LogP contribution in [0, 0.1) is 0 Å². The molecule has 1 heteroatoms. The van der Waals surface area contributed by atoms with Crippen molar-refractivity contribution in [1.29, 1.82) is 0 Å². The second kappa shape index (κ2) is 4.61. The van der Waals surface area contributed by atoms with Crippen LogP contribution in [0.3, 0.4) is 0 Å². The molecule has 0 saturated heterocycles. The number of rotatable bonds is 2. The summed E-state index contributed by atoms with van der Waals surface area (Å²) in [5.74, 6) is 0. The van der Waals surface area contributed by atoms with Gasteiger partial charge in [0.15, 0.2) is 0 Å². The third-order valence-electron chi connectivity index (χ3n) is 3.16. The van der Waals surface area contributed by atoms with Gasteiger partial charge < -0.3 is 0 Å². The molecule has 0 saturated carbocycles. The molecule has 0 aliphatic rings. The molecule has 0 radical (unpaired) electrons. The van der Waals surface area contributed by atoms with Gasteiger partial charge in [-0.15, -0.1) is 0 Å². The third kappa shape index (κ3) is 1.88. The summed E-state index contributed by atoms with van der Waals surface area (Å²) in [5.41, 5.74) is 2.28. The van der Waals surface area contributed by atoms with Gasteiger partial charge >= 0.3 is 0 Å². The lowest BCUT2D eigenvalue weighted by atomic mass is 10.0. The summed E-state index contributed by atoms with van der Waals surface area (Å²) in [6, 6.07) is 14.9. The summed E-state index contributed by atoms with van der Waals surface area (Å²) in [6.45, 7) is 2.14. The number of aromatic nitrogens is 1. The predicted molar refractivity (Wildman–Crippen MR) is 78.6 cm³/mol. The highest BCUT2D eigenvalue weighted by atomic mass is 14.6. The quantitative estimate of drug-likeness (QED) is 0.579. The molecule has 18 heavy (non-hydrogen) atoms. The van der Waals surface area contributed by atoms with Gasteiger partial charge in [-0.05, 0) is 23.4 Å². The molecule has 0 amide bonds. The number of nitrogens with zero attached hydrogens (tertiary/aromatic N) is 1. The van der Waals surface area contributed by atoms with Crippen LogP contribution >= 0.6 is 0 Å². The molecular weight excluding hydrogens is 218 g/mol. The van der Waals surface area contributed by atoms with Gasteiger partial charge in [0.2, 0.25) is 0 Å². The van der Waals surface area contributed by atoms with Crippen LogP contribution in [-0.2, 0) is 0 Å². The van der Waals surface area contributed by atoms with Crippen molar-refractivity contribution in [1.82, 2.24) is 4.98 Å². The van der Waals surface area contributed by atoms with E-state index in [1.54, 1.807) is 0 Å². The van der Waals surface area contributed by atoms with E-state index in [9.17, 15) is 0 Å². The second-order valence-electron chi connectivity index (χ2n) is 4.43. The van der Waals surface area contributed by atoms with Crippen molar-refractivity contribution in [2.45, 2.75) is 13.3 Å². The van der Waals surface area contributed by atoms with E-state index >= 15 is 0 Å². The number of hydrogen-bond donors (Lipinski definition) is 0. The summed E-state index contributed by atoms with van der Waals surface area (Å²) < 4.78 is 0. The summed E-state index contributed by atoms with van der Waals surface area (Å²) >= 11 is 0. The maximum Gasteiger partial charge on any atom is 0.0714 e. The van der Waals surface area contributed by atoms with Gasteiger partial charge in [-0.2, -0.15) is 0 Å². The molecule has 88 valence electrons. The van der Waals surface area contributed by atoms with Crippen molar-refractivity contribution in [2.75, 3.05) is 0 Å². The fourth-order valence-corrected chi connectivity index (χ4v) is 2.23. The van der Waals surface area contributed by atoms with Crippen LogP contribution in [0.4, 0.5) is 0 Å². The molecule has 0 bridgehead atoms. The largest absolute Gasteiger partial charge is 0.256 e. The average molecular weight is 233 g/mol. The minimum absolute atomic E-state index is 1.06. The molecule has 0 spiro atoms. The second-order valence-corrected chi connectivity index (χ2v) is 4.43. The normalized spacial score (nSPS) is 11.6. The lowest BCUT2D eigenvalue weighted by Gasteiger charge is -2.03. The smallest absolute Gasteiger partial charge is 0.0714 e. The zero-order chi connectivity index (χ0) is 12.4. The van der Waals surface area contributed by atoms with Gasteiger partial charge in [0.05, 0.1) is 5.52 Å².